The fourth-order valence-electron chi connectivity index (χ4n) is 3.56. The molecular weight excluding hydrogens is 242 g/mol. The van der Waals surface area contributed by atoms with Crippen LogP contribution in [0.25, 0.3) is 0 Å². The van der Waals surface area contributed by atoms with E-state index in [0.29, 0.717) is 5.41 Å². The Morgan fingerprint density at radius 3 is 2.45 bits per heavy atom. The van der Waals surface area contributed by atoms with Gasteiger partial charge < -0.3 is 5.32 Å². The minimum Gasteiger partial charge on any atom is -0.316 e. The van der Waals surface area contributed by atoms with E-state index in [1.54, 1.807) is 0 Å². The third-order valence-electron chi connectivity index (χ3n) is 4.98. The summed E-state index contributed by atoms with van der Waals surface area (Å²) in [6, 6.07) is 0. The van der Waals surface area contributed by atoms with Gasteiger partial charge in [0, 0.05) is 6.42 Å². The van der Waals surface area contributed by atoms with Crippen molar-refractivity contribution in [2.75, 3.05) is 13.1 Å². The topological polar surface area (TPSA) is 12.0 Å². The van der Waals surface area contributed by atoms with Crippen molar-refractivity contribution >= 4 is 0 Å². The minimum absolute atomic E-state index is 0.449. The lowest BCUT2D eigenvalue weighted by molar-refractivity contribution is 0.0930. The first-order valence-corrected chi connectivity index (χ1v) is 8.48. The Morgan fingerprint density at radius 2 is 1.90 bits per heavy atom. The van der Waals surface area contributed by atoms with E-state index in [2.05, 4.69) is 45.9 Å². The summed E-state index contributed by atoms with van der Waals surface area (Å²) in [6.45, 7) is 14.1. The van der Waals surface area contributed by atoms with Gasteiger partial charge in [-0.1, -0.05) is 34.6 Å². The van der Waals surface area contributed by atoms with Crippen molar-refractivity contribution < 1.29 is 0 Å². The van der Waals surface area contributed by atoms with Gasteiger partial charge in [-0.15, -0.1) is 12.3 Å². The molecule has 20 heavy (non-hydrogen) atoms. The fraction of sp³-hybridized carbons (Fsp3) is 0.895. The molecule has 0 aromatic carbocycles. The second kappa shape index (κ2) is 8.08. The summed E-state index contributed by atoms with van der Waals surface area (Å²) >= 11 is 0. The molecule has 1 nitrogen and oxygen atoms in total. The summed E-state index contributed by atoms with van der Waals surface area (Å²) in [6.07, 6.45) is 11.8. The first kappa shape index (κ1) is 17.6. The summed E-state index contributed by atoms with van der Waals surface area (Å²) in [7, 11) is 0. The number of hydrogen-bond acceptors (Lipinski definition) is 1. The monoisotopic (exact) mass is 277 g/mol. The molecule has 1 aliphatic rings. The molecule has 3 atom stereocenters. The van der Waals surface area contributed by atoms with E-state index >= 15 is 0 Å². The molecule has 0 aromatic rings. The van der Waals surface area contributed by atoms with Crippen LogP contribution in [0.5, 0.6) is 0 Å². The van der Waals surface area contributed by atoms with Crippen LogP contribution in [-0.4, -0.2) is 13.1 Å². The highest BCUT2D eigenvalue weighted by Gasteiger charge is 2.35. The second-order valence-corrected chi connectivity index (χ2v) is 8.19. The van der Waals surface area contributed by atoms with Crippen LogP contribution in [0.15, 0.2) is 0 Å². The van der Waals surface area contributed by atoms with Crippen molar-refractivity contribution in [3.8, 4) is 12.3 Å². The lowest BCUT2D eigenvalue weighted by Crippen LogP contribution is -2.37. The van der Waals surface area contributed by atoms with Gasteiger partial charge in [0.25, 0.3) is 0 Å². The Balaban J connectivity index is 2.53. The molecule has 0 aliphatic heterocycles. The summed E-state index contributed by atoms with van der Waals surface area (Å²) in [5, 5.41) is 3.66. The first-order valence-electron chi connectivity index (χ1n) is 8.48. The number of rotatable bonds is 6. The average molecular weight is 277 g/mol. The minimum atomic E-state index is 0.449. The summed E-state index contributed by atoms with van der Waals surface area (Å²) in [5.74, 6) is 6.11. The number of terminal acetylenes is 1. The van der Waals surface area contributed by atoms with E-state index in [1.165, 1.54) is 32.2 Å². The first-order chi connectivity index (χ1) is 9.34. The zero-order valence-corrected chi connectivity index (χ0v) is 14.3. The third kappa shape index (κ3) is 5.88. The zero-order valence-electron chi connectivity index (χ0n) is 14.3. The number of hydrogen-bond donors (Lipinski definition) is 1. The van der Waals surface area contributed by atoms with Gasteiger partial charge in [-0.3, -0.25) is 0 Å². The van der Waals surface area contributed by atoms with E-state index in [-0.39, 0.29) is 0 Å². The van der Waals surface area contributed by atoms with Gasteiger partial charge in [0.05, 0.1) is 0 Å². The molecule has 0 amide bonds. The van der Waals surface area contributed by atoms with E-state index in [9.17, 15) is 0 Å². The van der Waals surface area contributed by atoms with Gasteiger partial charge in [0.2, 0.25) is 0 Å². The van der Waals surface area contributed by atoms with Crippen LogP contribution in [0.4, 0.5) is 0 Å². The summed E-state index contributed by atoms with van der Waals surface area (Å²) < 4.78 is 0. The highest BCUT2D eigenvalue weighted by Crippen LogP contribution is 2.44. The molecule has 0 heterocycles. The standard InChI is InChI=1S/C19H35N/c1-7-8-9-16-12-18(19(4,5)6)11-10-17(16)14-20-13-15(2)3/h1,15-18,20H,8-14H2,2-6H3. The van der Waals surface area contributed by atoms with Crippen LogP contribution in [0.3, 0.4) is 0 Å². The van der Waals surface area contributed by atoms with Crippen molar-refractivity contribution in [3.63, 3.8) is 0 Å². The quantitative estimate of drug-likeness (QED) is 0.692. The van der Waals surface area contributed by atoms with Crippen molar-refractivity contribution in [2.24, 2.45) is 29.1 Å². The molecule has 0 radical (unpaired) electrons. The van der Waals surface area contributed by atoms with Crippen LogP contribution >= 0.6 is 0 Å². The molecule has 3 unspecified atom stereocenters. The molecule has 1 fully saturated rings. The van der Waals surface area contributed by atoms with Crippen molar-refractivity contribution in [1.82, 2.24) is 5.32 Å². The molecule has 0 aromatic heterocycles. The molecule has 0 spiro atoms. The highest BCUT2D eigenvalue weighted by molar-refractivity contribution is 4.90. The van der Waals surface area contributed by atoms with E-state index in [1.807, 2.05) is 0 Å². The molecule has 116 valence electrons. The van der Waals surface area contributed by atoms with Gasteiger partial charge in [0.1, 0.15) is 0 Å². The highest BCUT2D eigenvalue weighted by atomic mass is 14.9. The van der Waals surface area contributed by atoms with Gasteiger partial charge in [-0.05, 0) is 67.9 Å². The van der Waals surface area contributed by atoms with Crippen LogP contribution in [-0.2, 0) is 0 Å². The Kier molecular flexibility index (Phi) is 7.10. The number of nitrogens with one attached hydrogen (secondary N) is 1. The maximum atomic E-state index is 5.49. The SMILES string of the molecule is C#CCCC1CC(C(C)(C)C)CCC1CNCC(C)C. The van der Waals surface area contributed by atoms with Gasteiger partial charge in [-0.25, -0.2) is 0 Å². The molecule has 0 saturated heterocycles. The lowest BCUT2D eigenvalue weighted by Gasteiger charge is -2.42. The van der Waals surface area contributed by atoms with Gasteiger partial charge in [0.15, 0.2) is 0 Å². The summed E-state index contributed by atoms with van der Waals surface area (Å²) in [4.78, 5) is 0. The predicted octanol–water partition coefficient (Wildman–Crippen LogP) is 4.72. The Hall–Kier alpha value is -0.480. The van der Waals surface area contributed by atoms with Crippen LogP contribution in [0, 0.1) is 41.4 Å². The molecule has 1 aliphatic carbocycles. The van der Waals surface area contributed by atoms with E-state index < -0.39 is 0 Å². The lowest BCUT2D eigenvalue weighted by atomic mass is 9.64. The van der Waals surface area contributed by atoms with Crippen molar-refractivity contribution in [2.45, 2.75) is 66.7 Å². The normalized spacial score (nSPS) is 27.6. The summed E-state index contributed by atoms with van der Waals surface area (Å²) in [5.41, 5.74) is 0.449. The Labute approximate surface area is 127 Å². The zero-order chi connectivity index (χ0) is 15.2. The van der Waals surface area contributed by atoms with Crippen LogP contribution in [0.2, 0.25) is 0 Å². The molecule has 0 bridgehead atoms. The molecular formula is C19H35N. The average Bonchev–Trinajstić information content (AvgIpc) is 2.35. The Morgan fingerprint density at radius 1 is 1.20 bits per heavy atom. The third-order valence-corrected chi connectivity index (χ3v) is 4.98. The smallest absolute Gasteiger partial charge is 0.00888 e. The largest absolute Gasteiger partial charge is 0.316 e. The van der Waals surface area contributed by atoms with Gasteiger partial charge in [-0.2, -0.15) is 0 Å². The predicted molar refractivity (Wildman–Crippen MR) is 89.6 cm³/mol. The molecule has 1 N–H and O–H groups in total. The fourth-order valence-corrected chi connectivity index (χ4v) is 3.56. The van der Waals surface area contributed by atoms with E-state index in [0.717, 1.165) is 36.6 Å². The van der Waals surface area contributed by atoms with Crippen molar-refractivity contribution in [3.05, 3.63) is 0 Å². The maximum Gasteiger partial charge on any atom is 0.00888 e. The molecule has 1 saturated carbocycles. The molecule has 1 heteroatoms. The van der Waals surface area contributed by atoms with Crippen LogP contribution in [0.1, 0.15) is 66.7 Å². The molecule has 1 rings (SSSR count). The van der Waals surface area contributed by atoms with Crippen LogP contribution < -0.4 is 5.32 Å². The second-order valence-electron chi connectivity index (χ2n) is 8.19. The van der Waals surface area contributed by atoms with E-state index in [4.69, 9.17) is 6.42 Å². The van der Waals surface area contributed by atoms with Gasteiger partial charge >= 0.3 is 0 Å². The Bertz CT molecular complexity index is 305. The maximum absolute atomic E-state index is 5.49. The van der Waals surface area contributed by atoms with Crippen molar-refractivity contribution in [1.29, 1.82) is 0 Å².